The van der Waals surface area contributed by atoms with E-state index in [9.17, 15) is 0 Å². The number of hydrogen-bond acceptors (Lipinski definition) is 3. The van der Waals surface area contributed by atoms with Crippen LogP contribution in [0.15, 0.2) is 6.20 Å². The fraction of sp³-hybridized carbons (Fsp3) is 0.800. The third-order valence-electron chi connectivity index (χ3n) is 4.42. The Morgan fingerprint density at radius 2 is 2.21 bits per heavy atom. The van der Waals surface area contributed by atoms with Gasteiger partial charge >= 0.3 is 0 Å². The zero-order chi connectivity index (χ0) is 14.0. The second kappa shape index (κ2) is 5.95. The van der Waals surface area contributed by atoms with E-state index in [1.165, 1.54) is 25.0 Å². The Bertz CT molecular complexity index is 414. The highest BCUT2D eigenvalue weighted by Gasteiger charge is 2.34. The largest absolute Gasteiger partial charge is 0.493 e. The van der Waals surface area contributed by atoms with Gasteiger partial charge in [-0.05, 0) is 45.1 Å². The van der Waals surface area contributed by atoms with E-state index < -0.39 is 0 Å². The first-order valence-electron chi connectivity index (χ1n) is 7.39. The third kappa shape index (κ3) is 2.78. The molecule has 1 heterocycles. The van der Waals surface area contributed by atoms with E-state index in [1.54, 1.807) is 7.11 Å². The Kier molecular flexibility index (Phi) is 4.50. The first kappa shape index (κ1) is 14.4. The summed E-state index contributed by atoms with van der Waals surface area (Å²) in [5.74, 6) is 2.71. The minimum atomic E-state index is 0.356. The van der Waals surface area contributed by atoms with Gasteiger partial charge < -0.3 is 10.5 Å². The topological polar surface area (TPSA) is 53.1 Å². The van der Waals surface area contributed by atoms with Gasteiger partial charge in [-0.2, -0.15) is 5.10 Å². The number of nitrogens with zero attached hydrogens (tertiary/aromatic N) is 2. The Morgan fingerprint density at radius 3 is 2.79 bits per heavy atom. The summed E-state index contributed by atoms with van der Waals surface area (Å²) in [4.78, 5) is 0. The molecule has 1 aromatic heterocycles. The molecule has 0 saturated heterocycles. The molecule has 3 atom stereocenters. The van der Waals surface area contributed by atoms with Gasteiger partial charge in [0, 0.05) is 12.0 Å². The van der Waals surface area contributed by atoms with Gasteiger partial charge in [0.05, 0.1) is 19.0 Å². The molecular formula is C15H27N3O. The lowest BCUT2D eigenvalue weighted by atomic mass is 9.73. The third-order valence-corrected chi connectivity index (χ3v) is 4.42. The maximum absolute atomic E-state index is 5.99. The Morgan fingerprint density at radius 1 is 1.47 bits per heavy atom. The van der Waals surface area contributed by atoms with Gasteiger partial charge in [-0.15, -0.1) is 0 Å². The Balaban J connectivity index is 2.39. The molecule has 2 rings (SSSR count). The lowest BCUT2D eigenvalue weighted by molar-refractivity contribution is 0.236. The number of rotatable bonds is 4. The molecule has 0 radical (unpaired) electrons. The lowest BCUT2D eigenvalue weighted by Crippen LogP contribution is -2.30. The first-order chi connectivity index (χ1) is 9.08. The average molecular weight is 265 g/mol. The molecule has 0 aliphatic heterocycles. The maximum Gasteiger partial charge on any atom is 0.160 e. The zero-order valence-corrected chi connectivity index (χ0v) is 12.6. The molecule has 1 fully saturated rings. The summed E-state index contributed by atoms with van der Waals surface area (Å²) >= 11 is 0. The molecule has 0 spiro atoms. The van der Waals surface area contributed by atoms with Crippen LogP contribution in [0.2, 0.25) is 0 Å². The zero-order valence-electron chi connectivity index (χ0n) is 12.6. The summed E-state index contributed by atoms with van der Waals surface area (Å²) in [5.41, 5.74) is 7.24. The van der Waals surface area contributed by atoms with Crippen molar-refractivity contribution in [2.24, 2.45) is 17.6 Å². The highest BCUT2D eigenvalue weighted by atomic mass is 16.5. The monoisotopic (exact) mass is 265 g/mol. The molecule has 4 heteroatoms. The predicted molar refractivity (Wildman–Crippen MR) is 77.5 cm³/mol. The van der Waals surface area contributed by atoms with E-state index in [0.717, 1.165) is 18.2 Å². The number of aromatic nitrogens is 2. The van der Waals surface area contributed by atoms with Crippen LogP contribution >= 0.6 is 0 Å². The van der Waals surface area contributed by atoms with Crippen LogP contribution in [0.5, 0.6) is 5.75 Å². The Hall–Kier alpha value is -1.03. The van der Waals surface area contributed by atoms with Crippen molar-refractivity contribution < 1.29 is 4.74 Å². The van der Waals surface area contributed by atoms with E-state index in [1.807, 2.05) is 6.20 Å². The number of nitrogens with two attached hydrogens (primary N) is 1. The van der Waals surface area contributed by atoms with Gasteiger partial charge in [0.25, 0.3) is 0 Å². The minimum Gasteiger partial charge on any atom is -0.493 e. The summed E-state index contributed by atoms with van der Waals surface area (Å²) in [6.07, 6.45) is 5.55. The van der Waals surface area contributed by atoms with Crippen molar-refractivity contribution in [3.63, 3.8) is 0 Å². The van der Waals surface area contributed by atoms with Crippen LogP contribution < -0.4 is 10.5 Å². The summed E-state index contributed by atoms with van der Waals surface area (Å²) < 4.78 is 7.65. The van der Waals surface area contributed by atoms with E-state index in [4.69, 9.17) is 10.5 Å². The predicted octanol–water partition coefficient (Wildman–Crippen LogP) is 2.95. The van der Waals surface area contributed by atoms with Gasteiger partial charge in [0.1, 0.15) is 0 Å². The molecule has 0 amide bonds. The van der Waals surface area contributed by atoms with Crippen molar-refractivity contribution in [2.45, 2.75) is 52.0 Å². The van der Waals surface area contributed by atoms with Crippen LogP contribution in [0.1, 0.15) is 57.7 Å². The van der Waals surface area contributed by atoms with E-state index in [0.29, 0.717) is 17.9 Å². The van der Waals surface area contributed by atoms with Crippen LogP contribution in [0.25, 0.3) is 0 Å². The number of methoxy groups -OCH3 is 1. The summed E-state index contributed by atoms with van der Waals surface area (Å²) in [6, 6.07) is 0.356. The Labute approximate surface area is 116 Å². The molecule has 1 aromatic rings. The molecule has 1 saturated carbocycles. The van der Waals surface area contributed by atoms with Crippen molar-refractivity contribution in [1.29, 1.82) is 0 Å². The minimum absolute atomic E-state index is 0.356. The van der Waals surface area contributed by atoms with Crippen LogP contribution in [-0.2, 0) is 0 Å². The van der Waals surface area contributed by atoms with Crippen molar-refractivity contribution in [3.05, 3.63) is 11.9 Å². The van der Waals surface area contributed by atoms with Crippen molar-refractivity contribution >= 4 is 0 Å². The highest BCUT2D eigenvalue weighted by molar-refractivity contribution is 5.30. The highest BCUT2D eigenvalue weighted by Crippen LogP contribution is 2.43. The van der Waals surface area contributed by atoms with E-state index in [2.05, 4.69) is 30.6 Å². The van der Waals surface area contributed by atoms with Gasteiger partial charge in [-0.3, -0.25) is 4.68 Å². The van der Waals surface area contributed by atoms with Crippen molar-refractivity contribution in [1.82, 2.24) is 9.78 Å². The molecule has 1 aliphatic rings. The summed E-state index contributed by atoms with van der Waals surface area (Å²) in [5, 5.41) is 4.51. The number of ether oxygens (including phenoxy) is 1. The number of hydrogen-bond donors (Lipinski definition) is 1. The van der Waals surface area contributed by atoms with Gasteiger partial charge in [-0.25, -0.2) is 0 Å². The molecule has 2 N–H and O–H groups in total. The first-order valence-corrected chi connectivity index (χ1v) is 7.39. The standard InChI is InChI=1S/C15H27N3O/c1-10(2)18-15(14(19-4)9-17-18)13-7-11(3)5-6-12(13)8-16/h9-13H,5-8,16H2,1-4H3. The molecule has 4 nitrogen and oxygen atoms in total. The summed E-state index contributed by atoms with van der Waals surface area (Å²) in [7, 11) is 1.73. The molecule has 108 valence electrons. The lowest BCUT2D eigenvalue weighted by Gasteiger charge is -2.35. The quantitative estimate of drug-likeness (QED) is 0.910. The second-order valence-corrected chi connectivity index (χ2v) is 6.16. The molecule has 3 unspecified atom stereocenters. The van der Waals surface area contributed by atoms with Crippen LogP contribution in [-0.4, -0.2) is 23.4 Å². The van der Waals surface area contributed by atoms with Gasteiger partial charge in [0.15, 0.2) is 5.75 Å². The molecule has 0 bridgehead atoms. The molecule has 19 heavy (non-hydrogen) atoms. The van der Waals surface area contributed by atoms with E-state index >= 15 is 0 Å². The SMILES string of the molecule is COc1cnn(C(C)C)c1C1CC(C)CCC1CN. The van der Waals surface area contributed by atoms with Crippen molar-refractivity contribution in [2.75, 3.05) is 13.7 Å². The van der Waals surface area contributed by atoms with Gasteiger partial charge in [0.2, 0.25) is 0 Å². The fourth-order valence-electron chi connectivity index (χ4n) is 3.34. The van der Waals surface area contributed by atoms with E-state index in [-0.39, 0.29) is 0 Å². The average Bonchev–Trinajstić information content (AvgIpc) is 2.82. The molecular weight excluding hydrogens is 238 g/mol. The fourth-order valence-corrected chi connectivity index (χ4v) is 3.34. The van der Waals surface area contributed by atoms with Crippen LogP contribution in [0, 0.1) is 11.8 Å². The second-order valence-electron chi connectivity index (χ2n) is 6.16. The molecule has 0 aromatic carbocycles. The molecule has 1 aliphatic carbocycles. The normalized spacial score (nSPS) is 27.8. The van der Waals surface area contributed by atoms with Gasteiger partial charge in [-0.1, -0.05) is 13.3 Å². The van der Waals surface area contributed by atoms with Crippen LogP contribution in [0.4, 0.5) is 0 Å². The van der Waals surface area contributed by atoms with Crippen LogP contribution in [0.3, 0.4) is 0 Å². The maximum atomic E-state index is 5.99. The summed E-state index contributed by atoms with van der Waals surface area (Å²) in [6.45, 7) is 7.42. The van der Waals surface area contributed by atoms with Crippen molar-refractivity contribution in [3.8, 4) is 5.75 Å². The smallest absolute Gasteiger partial charge is 0.160 e.